The molecule has 4 heteroatoms. The molecular weight excluding hydrogens is 599 g/mol. The summed E-state index contributed by atoms with van der Waals surface area (Å²) in [6.45, 7) is 9.61. The van der Waals surface area contributed by atoms with Crippen molar-refractivity contribution in [3.8, 4) is 11.1 Å². The second-order valence-corrected chi connectivity index (χ2v) is 32.8. The van der Waals surface area contributed by atoms with Gasteiger partial charge in [0.05, 0.1) is 0 Å². The molecule has 4 aromatic carbocycles. The van der Waals surface area contributed by atoms with E-state index in [9.17, 15) is 0 Å². The molecular formula is C34H36Cl2SiZr. The molecule has 4 aromatic rings. The van der Waals surface area contributed by atoms with Crippen LogP contribution in [-0.2, 0) is 29.2 Å². The molecule has 0 N–H and O–H groups in total. The molecule has 194 valence electrons. The molecule has 2 aliphatic rings. The minimum absolute atomic E-state index is 0. The number of hydrogen-bond acceptors (Lipinski definition) is 0. The topological polar surface area (TPSA) is 0 Å². The summed E-state index contributed by atoms with van der Waals surface area (Å²) >= 11 is -4.37. The number of rotatable bonds is 4. The molecule has 0 aromatic heterocycles. The van der Waals surface area contributed by atoms with Gasteiger partial charge in [0.25, 0.3) is 0 Å². The summed E-state index contributed by atoms with van der Waals surface area (Å²) in [7, 11) is 0. The van der Waals surface area contributed by atoms with Crippen LogP contribution in [0.15, 0.2) is 119 Å². The predicted molar refractivity (Wildman–Crippen MR) is 170 cm³/mol. The van der Waals surface area contributed by atoms with Crippen molar-refractivity contribution in [3.05, 3.63) is 135 Å². The Morgan fingerprint density at radius 2 is 1.26 bits per heavy atom. The monoisotopic (exact) mass is 632 g/mol. The summed E-state index contributed by atoms with van der Waals surface area (Å²) in [5, 5.41) is 0. The van der Waals surface area contributed by atoms with Crippen molar-refractivity contribution in [2.45, 2.75) is 39.0 Å². The van der Waals surface area contributed by atoms with Crippen molar-refractivity contribution in [2.24, 2.45) is 0 Å². The SMILES string of the molecule is CC(C)(C)c1ccc2c([c]1[Zr](=[SiH2])([C]1=CC=CC1)([c]1ccccc1)[c]1ccccc1)Cc1ccccc1-2.Cl.Cl. The second-order valence-electron chi connectivity index (χ2n) is 11.6. The summed E-state index contributed by atoms with van der Waals surface area (Å²) in [4.78, 5) is 0. The molecule has 2 aliphatic carbocycles. The maximum Gasteiger partial charge on any atom is -0.147 e. The summed E-state index contributed by atoms with van der Waals surface area (Å²) in [6, 6.07) is 37.1. The van der Waals surface area contributed by atoms with E-state index >= 15 is 0 Å². The smallest absolute Gasteiger partial charge is 0.147 e. The number of benzene rings is 4. The third-order valence-corrected chi connectivity index (χ3v) is 34.7. The first-order chi connectivity index (χ1) is 17.3. The van der Waals surface area contributed by atoms with Crippen LogP contribution in [0.25, 0.3) is 11.1 Å². The molecule has 0 atom stereocenters. The maximum atomic E-state index is 2.48. The molecule has 6 rings (SSSR count). The fourth-order valence-corrected chi connectivity index (χ4v) is 30.4. The van der Waals surface area contributed by atoms with Crippen LogP contribution in [0.5, 0.6) is 0 Å². The van der Waals surface area contributed by atoms with Gasteiger partial charge in [-0.3, -0.25) is 0 Å². The quantitative estimate of drug-likeness (QED) is 0.192. The second kappa shape index (κ2) is 10.5. The van der Waals surface area contributed by atoms with Gasteiger partial charge in [-0.15, -0.1) is 24.8 Å². The minimum Gasteiger partial charge on any atom is -0.147 e. The third-order valence-electron chi connectivity index (χ3n) is 8.65. The van der Waals surface area contributed by atoms with Crippen LogP contribution in [0.1, 0.15) is 43.9 Å². The summed E-state index contributed by atoms with van der Waals surface area (Å²) in [5.74, 6) is 0. The van der Waals surface area contributed by atoms with Crippen molar-refractivity contribution in [2.75, 3.05) is 0 Å². The maximum absolute atomic E-state index is 4.37. The first kappa shape index (κ1) is 29.0. The van der Waals surface area contributed by atoms with Crippen molar-refractivity contribution in [1.82, 2.24) is 0 Å². The van der Waals surface area contributed by atoms with E-state index in [0.717, 1.165) is 12.8 Å². The molecule has 0 radical (unpaired) electrons. The van der Waals surface area contributed by atoms with Crippen molar-refractivity contribution < 1.29 is 17.4 Å². The van der Waals surface area contributed by atoms with Crippen LogP contribution in [0.2, 0.25) is 0 Å². The Morgan fingerprint density at radius 1 is 0.684 bits per heavy atom. The Hall–Kier alpha value is -1.96. The van der Waals surface area contributed by atoms with E-state index in [1.807, 2.05) is 0 Å². The molecule has 0 fully saturated rings. The molecule has 0 saturated heterocycles. The van der Waals surface area contributed by atoms with E-state index in [4.69, 9.17) is 0 Å². The molecule has 0 aliphatic heterocycles. The van der Waals surface area contributed by atoms with E-state index in [0.29, 0.717) is 0 Å². The average Bonchev–Trinajstić information content (AvgIpc) is 3.57. The first-order valence-corrected chi connectivity index (χ1v) is 23.9. The molecule has 0 spiro atoms. The van der Waals surface area contributed by atoms with Crippen LogP contribution >= 0.6 is 24.8 Å². The van der Waals surface area contributed by atoms with Crippen molar-refractivity contribution in [3.63, 3.8) is 0 Å². The van der Waals surface area contributed by atoms with E-state index in [-0.39, 0.29) is 30.2 Å². The number of hydrogen-bond donors (Lipinski definition) is 0. The average molecular weight is 635 g/mol. The molecule has 0 amide bonds. The van der Waals surface area contributed by atoms with Crippen LogP contribution < -0.4 is 9.81 Å². The third kappa shape index (κ3) is 4.11. The zero-order valence-electron chi connectivity index (χ0n) is 22.4. The largest absolute Gasteiger partial charge is 0.147 e. The number of halogens is 2. The van der Waals surface area contributed by atoms with Crippen LogP contribution in [0.4, 0.5) is 0 Å². The van der Waals surface area contributed by atoms with Crippen LogP contribution in [0.3, 0.4) is 0 Å². The normalized spacial score (nSPS) is 14.2. The molecule has 0 nitrogen and oxygen atoms in total. The van der Waals surface area contributed by atoms with Gasteiger partial charge in [-0.05, 0) is 0 Å². The van der Waals surface area contributed by atoms with Gasteiger partial charge in [0.2, 0.25) is 0 Å². The Morgan fingerprint density at radius 3 is 1.82 bits per heavy atom. The Labute approximate surface area is 242 Å². The van der Waals surface area contributed by atoms with Crippen LogP contribution in [0, 0.1) is 0 Å². The van der Waals surface area contributed by atoms with E-state index in [2.05, 4.69) is 143 Å². The minimum atomic E-state index is -4.37. The van der Waals surface area contributed by atoms with E-state index in [1.54, 1.807) is 18.7 Å². The number of allylic oxidation sites excluding steroid dienone is 4. The first-order valence-electron chi connectivity index (χ1n) is 13.1. The summed E-state index contributed by atoms with van der Waals surface area (Å²) < 4.78 is 6.44. The van der Waals surface area contributed by atoms with Gasteiger partial charge in [-0.2, -0.15) is 0 Å². The fourth-order valence-electron chi connectivity index (χ4n) is 6.92. The molecule has 0 saturated carbocycles. The summed E-state index contributed by atoms with van der Waals surface area (Å²) in [6.07, 6.45) is 9.21. The van der Waals surface area contributed by atoms with Gasteiger partial charge < -0.3 is 0 Å². The zero-order valence-corrected chi connectivity index (χ0v) is 27.9. The number of fused-ring (bicyclic) bond motifs is 3. The molecule has 0 heterocycles. The zero-order chi connectivity index (χ0) is 25.0. The van der Waals surface area contributed by atoms with E-state index < -0.39 is 17.4 Å². The van der Waals surface area contributed by atoms with Crippen LogP contribution in [-0.4, -0.2) is 6.88 Å². The van der Waals surface area contributed by atoms with Gasteiger partial charge >= 0.3 is 220 Å². The summed E-state index contributed by atoms with van der Waals surface area (Å²) in [5.41, 5.74) is 7.46. The van der Waals surface area contributed by atoms with Gasteiger partial charge in [-0.25, -0.2) is 0 Å². The van der Waals surface area contributed by atoms with Crippen molar-refractivity contribution >= 4 is 41.5 Å². The Kier molecular flexibility index (Phi) is 8.06. The van der Waals surface area contributed by atoms with Gasteiger partial charge in [0.1, 0.15) is 0 Å². The fraction of sp³-hybridized carbons (Fsp3) is 0.176. The van der Waals surface area contributed by atoms with E-state index in [1.165, 1.54) is 22.3 Å². The van der Waals surface area contributed by atoms with Crippen molar-refractivity contribution in [1.29, 1.82) is 0 Å². The van der Waals surface area contributed by atoms with Gasteiger partial charge in [0, 0.05) is 0 Å². The molecule has 0 unspecified atom stereocenters. The molecule has 0 bridgehead atoms. The predicted octanol–water partition coefficient (Wildman–Crippen LogP) is 6.76. The Balaban J connectivity index is 0.00000168. The standard InChI is InChI=1S/C17H17.2C6H5.C5H5.2ClH.H2Si.Zr/c1-17(2,3)14-8-9-16-13(11-14)10-12-6-4-5-7-15(12)16;2*1-2-4-6-5-3-1;1-2-4-5-3-1;;;;/h4-9H,10H2,1-3H3;2*1-5H;1-3H,4H2;2*1H;1H2;. The molecule has 38 heavy (non-hydrogen) atoms. The Bertz CT molecular complexity index is 1570. The van der Waals surface area contributed by atoms with Gasteiger partial charge in [0.15, 0.2) is 0 Å². The van der Waals surface area contributed by atoms with Gasteiger partial charge in [-0.1, -0.05) is 0 Å².